The first-order chi connectivity index (χ1) is 13.9. The number of aromatic nitrogens is 4. The average Bonchev–Trinajstić information content (AvgIpc) is 3.13. The third-order valence-electron chi connectivity index (χ3n) is 4.58. The predicted octanol–water partition coefficient (Wildman–Crippen LogP) is 3.34. The van der Waals surface area contributed by atoms with Crippen molar-refractivity contribution in [1.29, 1.82) is 0 Å². The van der Waals surface area contributed by atoms with Gasteiger partial charge in [-0.3, -0.25) is 13.9 Å². The quantitative estimate of drug-likeness (QED) is 0.433. The number of hydrogen-bond donors (Lipinski definition) is 1. The Kier molecular flexibility index (Phi) is 11.7. The molecule has 164 valence electrons. The fourth-order valence-corrected chi connectivity index (χ4v) is 2.99. The van der Waals surface area contributed by atoms with Crippen LogP contribution < -0.4 is 11.2 Å². The van der Waals surface area contributed by atoms with Crippen LogP contribution in [0.3, 0.4) is 0 Å². The van der Waals surface area contributed by atoms with Gasteiger partial charge in [-0.25, -0.2) is 9.78 Å². The van der Waals surface area contributed by atoms with Gasteiger partial charge < -0.3 is 4.57 Å². The molecular formula is C19H34N4O5P+. The lowest BCUT2D eigenvalue weighted by molar-refractivity contribution is 0.273. The van der Waals surface area contributed by atoms with E-state index in [1.165, 1.54) is 22.0 Å². The van der Waals surface area contributed by atoms with Crippen LogP contribution in [0.2, 0.25) is 0 Å². The molecule has 2 aromatic heterocycles. The van der Waals surface area contributed by atoms with E-state index in [-0.39, 0.29) is 17.9 Å². The Hall–Kier alpha value is -1.83. The summed E-state index contributed by atoms with van der Waals surface area (Å²) < 4.78 is 19.4. The smallest absolute Gasteiger partial charge is 0.325 e. The lowest BCUT2D eigenvalue weighted by Gasteiger charge is -2.09. The molecule has 0 spiro atoms. The zero-order valence-corrected chi connectivity index (χ0v) is 18.9. The summed E-state index contributed by atoms with van der Waals surface area (Å²) in [6.45, 7) is 7.61. The van der Waals surface area contributed by atoms with Gasteiger partial charge >= 0.3 is 13.9 Å². The Morgan fingerprint density at radius 2 is 1.72 bits per heavy atom. The summed E-state index contributed by atoms with van der Waals surface area (Å²) in [6, 6.07) is 0. The molecule has 2 aromatic rings. The average molecular weight is 429 g/mol. The van der Waals surface area contributed by atoms with E-state index in [1.807, 2.05) is 4.57 Å². The van der Waals surface area contributed by atoms with Crippen LogP contribution in [0.15, 0.2) is 15.9 Å². The summed E-state index contributed by atoms with van der Waals surface area (Å²) in [5, 5.41) is 0. The normalized spacial score (nSPS) is 11.4. The molecular weight excluding hydrogens is 395 g/mol. The number of hydrogen-bond acceptors (Lipinski definition) is 5. The second-order valence-electron chi connectivity index (χ2n) is 6.89. The van der Waals surface area contributed by atoms with E-state index in [1.54, 1.807) is 13.4 Å². The molecule has 1 unspecified atom stereocenters. The highest BCUT2D eigenvalue weighted by Crippen LogP contribution is 2.15. The van der Waals surface area contributed by atoms with E-state index >= 15 is 0 Å². The minimum Gasteiger partial charge on any atom is -0.325 e. The molecule has 0 saturated heterocycles. The van der Waals surface area contributed by atoms with Crippen molar-refractivity contribution in [3.63, 3.8) is 0 Å². The fraction of sp³-hybridized carbons (Fsp3) is 0.737. The number of aryl methyl sites for hydroxylation is 2. The molecule has 2 rings (SSSR count). The van der Waals surface area contributed by atoms with Crippen LogP contribution in [0.4, 0.5) is 0 Å². The molecule has 0 fully saturated rings. The Morgan fingerprint density at radius 3 is 2.31 bits per heavy atom. The standard InChI is InChI=1S/C15H23N4O5P.C4H10/c1-3-4-8-18-11-16-13-12(18)14(20)19(15(21)17(13)2)9-6-5-7-10-24-25(22)23;1-3-4-2/h11H,3-10H2,1-2H3;3-4H2,1-2H3/p+1. The molecule has 0 aliphatic rings. The Morgan fingerprint density at radius 1 is 1.03 bits per heavy atom. The highest BCUT2D eigenvalue weighted by molar-refractivity contribution is 7.32. The molecule has 0 bridgehead atoms. The van der Waals surface area contributed by atoms with E-state index in [0.717, 1.165) is 12.8 Å². The van der Waals surface area contributed by atoms with E-state index < -0.39 is 8.25 Å². The maximum Gasteiger partial charge on any atom is 0.694 e. The molecule has 0 radical (unpaired) electrons. The van der Waals surface area contributed by atoms with Gasteiger partial charge in [0, 0.05) is 24.7 Å². The molecule has 0 aromatic carbocycles. The van der Waals surface area contributed by atoms with Crippen molar-refractivity contribution in [3.8, 4) is 0 Å². The van der Waals surface area contributed by atoms with Crippen LogP contribution in [0.1, 0.15) is 65.7 Å². The van der Waals surface area contributed by atoms with Crippen molar-refractivity contribution >= 4 is 19.4 Å². The van der Waals surface area contributed by atoms with Gasteiger partial charge in [0.1, 0.15) is 6.61 Å². The van der Waals surface area contributed by atoms with Gasteiger partial charge in [-0.1, -0.05) is 40.0 Å². The van der Waals surface area contributed by atoms with Crippen molar-refractivity contribution in [2.75, 3.05) is 6.61 Å². The number of unbranched alkanes of at least 4 members (excludes halogenated alkanes) is 4. The number of fused-ring (bicyclic) bond motifs is 1. The molecule has 0 amide bonds. The van der Waals surface area contributed by atoms with Gasteiger partial charge in [0.25, 0.3) is 5.56 Å². The van der Waals surface area contributed by atoms with Gasteiger partial charge in [0.15, 0.2) is 11.2 Å². The van der Waals surface area contributed by atoms with Crippen molar-refractivity contribution in [2.45, 2.75) is 78.8 Å². The fourth-order valence-electron chi connectivity index (χ4n) is 2.71. The monoisotopic (exact) mass is 429 g/mol. The minimum atomic E-state index is -2.57. The van der Waals surface area contributed by atoms with E-state index in [4.69, 9.17) is 4.89 Å². The highest BCUT2D eigenvalue weighted by atomic mass is 31.1. The predicted molar refractivity (Wildman–Crippen MR) is 114 cm³/mol. The third kappa shape index (κ3) is 7.49. The van der Waals surface area contributed by atoms with Crippen molar-refractivity contribution in [2.24, 2.45) is 7.05 Å². The molecule has 1 atom stereocenters. The van der Waals surface area contributed by atoms with Gasteiger partial charge in [-0.05, 0) is 25.7 Å². The Balaban J connectivity index is 0.000000960. The second kappa shape index (κ2) is 13.4. The van der Waals surface area contributed by atoms with E-state index in [0.29, 0.717) is 43.5 Å². The molecule has 0 saturated carbocycles. The molecule has 9 nitrogen and oxygen atoms in total. The number of nitrogens with zero attached hydrogens (tertiary/aromatic N) is 4. The molecule has 2 heterocycles. The zero-order valence-electron chi connectivity index (χ0n) is 18.0. The largest absolute Gasteiger partial charge is 0.694 e. The third-order valence-corrected chi connectivity index (χ3v) is 4.99. The summed E-state index contributed by atoms with van der Waals surface area (Å²) in [4.78, 5) is 37.9. The van der Waals surface area contributed by atoms with E-state index in [2.05, 4.69) is 30.3 Å². The van der Waals surface area contributed by atoms with Crippen LogP contribution in [-0.2, 0) is 29.2 Å². The SMILES string of the molecule is CCCC.CCCCn1cnc2c1c(=O)n(CCCCCO[P+](=O)O)c(=O)n2C. The van der Waals surface area contributed by atoms with Crippen LogP contribution in [0.25, 0.3) is 11.2 Å². The number of rotatable bonds is 11. The van der Waals surface area contributed by atoms with Crippen molar-refractivity contribution < 1.29 is 14.0 Å². The summed E-state index contributed by atoms with van der Waals surface area (Å²) in [7, 11) is -0.957. The van der Waals surface area contributed by atoms with Crippen LogP contribution in [0, 0.1) is 0 Å². The van der Waals surface area contributed by atoms with Crippen LogP contribution in [0.5, 0.6) is 0 Å². The zero-order chi connectivity index (χ0) is 21.8. The van der Waals surface area contributed by atoms with E-state index in [9.17, 15) is 14.2 Å². The lowest BCUT2D eigenvalue weighted by atomic mass is 10.2. The first-order valence-corrected chi connectivity index (χ1v) is 11.5. The van der Waals surface area contributed by atoms with Gasteiger partial charge in [0.05, 0.1) is 6.33 Å². The second-order valence-corrected chi connectivity index (χ2v) is 7.63. The summed E-state index contributed by atoms with van der Waals surface area (Å²) in [5.41, 5.74) is 0.160. The van der Waals surface area contributed by atoms with Crippen LogP contribution >= 0.6 is 8.25 Å². The summed E-state index contributed by atoms with van der Waals surface area (Å²) in [5.74, 6) is 0. The minimum absolute atomic E-state index is 0.182. The summed E-state index contributed by atoms with van der Waals surface area (Å²) in [6.07, 6.45) is 8.06. The lowest BCUT2D eigenvalue weighted by Crippen LogP contribution is -2.39. The highest BCUT2D eigenvalue weighted by Gasteiger charge is 2.16. The molecule has 1 N–H and O–H groups in total. The summed E-state index contributed by atoms with van der Waals surface area (Å²) >= 11 is 0. The molecule has 0 aliphatic carbocycles. The van der Waals surface area contributed by atoms with Gasteiger partial charge in [0.2, 0.25) is 0 Å². The topological polar surface area (TPSA) is 108 Å². The van der Waals surface area contributed by atoms with Gasteiger partial charge in [-0.15, -0.1) is 9.42 Å². The maximum absolute atomic E-state index is 12.7. The van der Waals surface area contributed by atoms with Crippen LogP contribution in [-0.4, -0.2) is 30.2 Å². The van der Waals surface area contributed by atoms with Crippen molar-refractivity contribution in [3.05, 3.63) is 27.2 Å². The van der Waals surface area contributed by atoms with Crippen molar-refractivity contribution in [1.82, 2.24) is 18.7 Å². The molecule has 10 heteroatoms. The Bertz CT molecular complexity index is 885. The first-order valence-electron chi connectivity index (χ1n) is 10.3. The molecule has 29 heavy (non-hydrogen) atoms. The van der Waals surface area contributed by atoms with Gasteiger partial charge in [-0.2, -0.15) is 0 Å². The molecule has 0 aliphatic heterocycles. The maximum atomic E-state index is 12.7. The Labute approximate surface area is 172 Å². The number of imidazole rings is 1. The first kappa shape index (κ1) is 25.2.